The maximum absolute atomic E-state index is 12.2. The van der Waals surface area contributed by atoms with E-state index in [1.165, 1.54) is 9.80 Å². The summed E-state index contributed by atoms with van der Waals surface area (Å²) in [7, 11) is 5.03. The number of carbonyl (C=O) groups is 2. The molecular weight excluding hydrogens is 270 g/mol. The maximum Gasteiger partial charge on any atom is 0.318 e. The Labute approximate surface area is 125 Å². The van der Waals surface area contributed by atoms with Crippen LogP contribution in [0.3, 0.4) is 0 Å². The van der Waals surface area contributed by atoms with Crippen molar-refractivity contribution in [1.29, 1.82) is 0 Å². The molecule has 0 radical (unpaired) electrons. The molecule has 3 amide bonds. The van der Waals surface area contributed by atoms with Gasteiger partial charge >= 0.3 is 6.03 Å². The molecular formula is C14H25N5O2. The van der Waals surface area contributed by atoms with Gasteiger partial charge in [0.05, 0.1) is 6.54 Å². The molecule has 1 heterocycles. The highest BCUT2D eigenvalue weighted by atomic mass is 16.2. The van der Waals surface area contributed by atoms with E-state index in [-0.39, 0.29) is 17.9 Å². The Bertz CT molecular complexity index is 495. The molecule has 1 rings (SSSR count). The lowest BCUT2D eigenvalue weighted by Gasteiger charge is -2.27. The lowest BCUT2D eigenvalue weighted by molar-refractivity contribution is -0.131. The summed E-state index contributed by atoms with van der Waals surface area (Å²) in [6.45, 7) is 6.08. The highest BCUT2D eigenvalue weighted by Gasteiger charge is 2.26. The summed E-state index contributed by atoms with van der Waals surface area (Å²) >= 11 is 0. The van der Waals surface area contributed by atoms with Crippen molar-refractivity contribution in [3.63, 3.8) is 0 Å². The van der Waals surface area contributed by atoms with Gasteiger partial charge in [-0.2, -0.15) is 0 Å². The van der Waals surface area contributed by atoms with Crippen LogP contribution in [0.15, 0.2) is 6.20 Å². The molecule has 1 aromatic heterocycles. The fraction of sp³-hybridized carbons (Fsp3) is 0.643. The van der Waals surface area contributed by atoms with Gasteiger partial charge in [-0.1, -0.05) is 13.8 Å². The van der Waals surface area contributed by atoms with E-state index in [1.54, 1.807) is 27.3 Å². The van der Waals surface area contributed by atoms with E-state index in [4.69, 9.17) is 0 Å². The Hall–Kier alpha value is -2.05. The van der Waals surface area contributed by atoms with E-state index < -0.39 is 6.04 Å². The summed E-state index contributed by atoms with van der Waals surface area (Å²) in [6, 6.07) is -0.828. The third-order valence-corrected chi connectivity index (χ3v) is 3.14. The van der Waals surface area contributed by atoms with Gasteiger partial charge in [0.25, 0.3) is 0 Å². The molecule has 0 saturated carbocycles. The van der Waals surface area contributed by atoms with Gasteiger partial charge in [0.15, 0.2) is 0 Å². The van der Waals surface area contributed by atoms with Crippen LogP contribution in [0, 0.1) is 12.8 Å². The predicted octanol–water partition coefficient (Wildman–Crippen LogP) is 0.972. The van der Waals surface area contributed by atoms with Crippen molar-refractivity contribution in [2.24, 2.45) is 5.92 Å². The topological polar surface area (TPSA) is 81.3 Å². The van der Waals surface area contributed by atoms with E-state index in [2.05, 4.69) is 15.3 Å². The van der Waals surface area contributed by atoms with Gasteiger partial charge in [-0.05, 0) is 12.8 Å². The van der Waals surface area contributed by atoms with Crippen molar-refractivity contribution < 1.29 is 9.59 Å². The number of hydrogen-bond acceptors (Lipinski definition) is 3. The number of nitrogens with zero attached hydrogens (tertiary/aromatic N) is 3. The zero-order valence-electron chi connectivity index (χ0n) is 13.6. The molecule has 0 aliphatic rings. The molecule has 1 atom stereocenters. The van der Waals surface area contributed by atoms with Crippen LogP contribution in [0.2, 0.25) is 0 Å². The number of imidazole rings is 1. The lowest BCUT2D eigenvalue weighted by Crippen LogP contribution is -2.52. The molecule has 118 valence electrons. The fourth-order valence-electron chi connectivity index (χ4n) is 1.88. The normalized spacial score (nSPS) is 12.1. The number of aromatic amines is 1. The number of nitrogens with one attached hydrogen (secondary N) is 2. The Kier molecular flexibility index (Phi) is 5.75. The Balaban J connectivity index is 2.66. The van der Waals surface area contributed by atoms with E-state index >= 15 is 0 Å². The monoisotopic (exact) mass is 295 g/mol. The first kappa shape index (κ1) is 17.0. The van der Waals surface area contributed by atoms with Crippen LogP contribution in [-0.4, -0.2) is 58.9 Å². The zero-order chi connectivity index (χ0) is 16.2. The molecule has 0 bridgehead atoms. The predicted molar refractivity (Wildman–Crippen MR) is 80.6 cm³/mol. The van der Waals surface area contributed by atoms with Crippen molar-refractivity contribution in [2.75, 3.05) is 21.1 Å². The average molecular weight is 295 g/mol. The van der Waals surface area contributed by atoms with Crippen LogP contribution in [0.5, 0.6) is 0 Å². The standard InChI is InChI=1S/C14H25N5O2/c1-9(2)12(13(20)18(4)5)17-14(21)19(6)8-11-15-7-10(3)16-11/h7,9,12H,8H2,1-6H3,(H,15,16)(H,17,21)/t12-/m1/s1. The molecule has 0 saturated heterocycles. The summed E-state index contributed by atoms with van der Waals surface area (Å²) in [5, 5.41) is 2.78. The number of aromatic nitrogens is 2. The third kappa shape index (κ3) is 4.77. The minimum Gasteiger partial charge on any atom is -0.347 e. The number of hydrogen-bond donors (Lipinski definition) is 2. The minimum atomic E-state index is -0.534. The van der Waals surface area contributed by atoms with Crippen molar-refractivity contribution in [3.8, 4) is 0 Å². The smallest absolute Gasteiger partial charge is 0.318 e. The number of carbonyl (C=O) groups excluding carboxylic acids is 2. The quantitative estimate of drug-likeness (QED) is 0.849. The summed E-state index contributed by atoms with van der Waals surface area (Å²) in [6.07, 6.45) is 1.72. The molecule has 7 heteroatoms. The van der Waals surface area contributed by atoms with Gasteiger partial charge in [-0.3, -0.25) is 4.79 Å². The molecule has 2 N–H and O–H groups in total. The number of amides is 3. The van der Waals surface area contributed by atoms with E-state index in [0.29, 0.717) is 12.4 Å². The molecule has 0 aliphatic carbocycles. The first-order chi connectivity index (χ1) is 9.72. The molecule has 0 spiro atoms. The first-order valence-corrected chi connectivity index (χ1v) is 6.95. The number of likely N-dealkylation sites (N-methyl/N-ethyl adjacent to an activating group) is 1. The average Bonchev–Trinajstić information content (AvgIpc) is 2.79. The second kappa shape index (κ2) is 7.10. The van der Waals surface area contributed by atoms with Crippen molar-refractivity contribution in [1.82, 2.24) is 25.1 Å². The van der Waals surface area contributed by atoms with Gasteiger partial charge in [0.1, 0.15) is 11.9 Å². The van der Waals surface area contributed by atoms with Gasteiger partial charge < -0.3 is 20.1 Å². The maximum atomic E-state index is 12.2. The van der Waals surface area contributed by atoms with Crippen LogP contribution in [0.1, 0.15) is 25.4 Å². The number of urea groups is 1. The van der Waals surface area contributed by atoms with E-state index in [0.717, 1.165) is 5.69 Å². The fourth-order valence-corrected chi connectivity index (χ4v) is 1.88. The van der Waals surface area contributed by atoms with Gasteiger partial charge in [0.2, 0.25) is 5.91 Å². The van der Waals surface area contributed by atoms with E-state index in [9.17, 15) is 9.59 Å². The first-order valence-electron chi connectivity index (χ1n) is 6.95. The third-order valence-electron chi connectivity index (χ3n) is 3.14. The summed E-state index contributed by atoms with van der Waals surface area (Å²) in [5.41, 5.74) is 0.946. The number of H-pyrrole nitrogens is 1. The summed E-state index contributed by atoms with van der Waals surface area (Å²) in [5.74, 6) is 0.619. The molecule has 1 aromatic rings. The van der Waals surface area contributed by atoms with E-state index in [1.807, 2.05) is 20.8 Å². The molecule has 21 heavy (non-hydrogen) atoms. The van der Waals surface area contributed by atoms with Crippen LogP contribution >= 0.6 is 0 Å². The van der Waals surface area contributed by atoms with Crippen LogP contribution in [0.4, 0.5) is 4.79 Å². The number of rotatable bonds is 5. The van der Waals surface area contributed by atoms with Gasteiger partial charge in [0, 0.05) is 33.0 Å². The molecule has 0 fully saturated rings. The second-order valence-electron chi connectivity index (χ2n) is 5.77. The van der Waals surface area contributed by atoms with Crippen molar-refractivity contribution >= 4 is 11.9 Å². The zero-order valence-corrected chi connectivity index (χ0v) is 13.6. The Morgan fingerprint density at radius 2 is 1.95 bits per heavy atom. The highest BCUT2D eigenvalue weighted by molar-refractivity contribution is 5.86. The Morgan fingerprint density at radius 1 is 1.33 bits per heavy atom. The SMILES string of the molecule is Cc1cnc(CN(C)C(=O)N[C@@H](C(=O)N(C)C)C(C)C)[nH]1. The molecule has 0 aliphatic heterocycles. The molecule has 7 nitrogen and oxygen atoms in total. The van der Waals surface area contributed by atoms with Crippen molar-refractivity contribution in [3.05, 3.63) is 17.7 Å². The number of aryl methyl sites for hydroxylation is 1. The largest absolute Gasteiger partial charge is 0.347 e. The van der Waals surface area contributed by atoms with Crippen molar-refractivity contribution in [2.45, 2.75) is 33.4 Å². The summed E-state index contributed by atoms with van der Waals surface area (Å²) < 4.78 is 0. The van der Waals surface area contributed by atoms with Crippen LogP contribution in [0.25, 0.3) is 0 Å². The van der Waals surface area contributed by atoms with Crippen LogP contribution in [-0.2, 0) is 11.3 Å². The lowest BCUT2D eigenvalue weighted by atomic mass is 10.0. The summed E-state index contributed by atoms with van der Waals surface area (Å²) in [4.78, 5) is 34.5. The van der Waals surface area contributed by atoms with Crippen LogP contribution < -0.4 is 5.32 Å². The highest BCUT2D eigenvalue weighted by Crippen LogP contribution is 2.06. The molecule has 0 aromatic carbocycles. The molecule has 0 unspecified atom stereocenters. The Morgan fingerprint density at radius 3 is 2.38 bits per heavy atom. The van der Waals surface area contributed by atoms with Gasteiger partial charge in [-0.25, -0.2) is 9.78 Å². The minimum absolute atomic E-state index is 0.0168. The second-order valence-corrected chi connectivity index (χ2v) is 5.77. The van der Waals surface area contributed by atoms with Gasteiger partial charge in [-0.15, -0.1) is 0 Å².